The van der Waals surface area contributed by atoms with Crippen LogP contribution >= 0.6 is 15.6 Å². The molecule has 0 aromatic heterocycles. The van der Waals surface area contributed by atoms with Crippen LogP contribution in [0.15, 0.2) is 0 Å². The molecule has 19 heteroatoms. The number of rotatable bonds is 75. The quantitative estimate of drug-likeness (QED) is 0.0222. The van der Waals surface area contributed by atoms with E-state index in [2.05, 4.69) is 34.6 Å². The molecule has 0 aliphatic rings. The van der Waals surface area contributed by atoms with E-state index in [4.69, 9.17) is 37.0 Å². The number of carbonyl (C=O) groups excluding carboxylic acids is 4. The number of phosphoric ester groups is 2. The van der Waals surface area contributed by atoms with Gasteiger partial charge in [-0.3, -0.25) is 37.3 Å². The SMILES string of the molecule is CCCCCCCCCCCCCCCCCCC(=O)O[C@H](COC(=O)CCCCCCCCCCCCCC(C)C)COP(=O)(O)OC[C@@H](O)COP(=O)(O)OC[C@@H](COC(=O)CCCCCCCCCCCC)OC(=O)CCCCCCCCCCCCCCCC. The molecule has 0 fully saturated rings. The van der Waals surface area contributed by atoms with E-state index < -0.39 is 97.5 Å². The molecule has 0 amide bonds. The molecule has 2 unspecified atom stereocenters. The number of hydrogen-bond donors (Lipinski definition) is 3. The Morgan fingerprint density at radius 3 is 0.723 bits per heavy atom. The molecule has 558 valence electrons. The third-order valence-electron chi connectivity index (χ3n) is 17.5. The molecule has 3 N–H and O–H groups in total. The van der Waals surface area contributed by atoms with Crippen LogP contribution in [-0.4, -0.2) is 96.7 Å². The number of esters is 4. The number of aliphatic hydroxyl groups is 1. The van der Waals surface area contributed by atoms with Crippen molar-refractivity contribution in [3.05, 3.63) is 0 Å². The molecule has 0 saturated heterocycles. The fourth-order valence-corrected chi connectivity index (χ4v) is 13.1. The molecule has 0 heterocycles. The largest absolute Gasteiger partial charge is 0.472 e. The van der Waals surface area contributed by atoms with E-state index in [0.29, 0.717) is 25.7 Å². The number of carbonyl (C=O) groups is 4. The van der Waals surface area contributed by atoms with Crippen molar-refractivity contribution in [1.29, 1.82) is 0 Å². The zero-order valence-electron chi connectivity index (χ0n) is 61.1. The Balaban J connectivity index is 5.25. The highest BCUT2D eigenvalue weighted by molar-refractivity contribution is 7.47. The lowest BCUT2D eigenvalue weighted by molar-refractivity contribution is -0.161. The van der Waals surface area contributed by atoms with E-state index in [-0.39, 0.29) is 25.7 Å². The van der Waals surface area contributed by atoms with Gasteiger partial charge in [-0.05, 0) is 31.6 Å². The van der Waals surface area contributed by atoms with Gasteiger partial charge < -0.3 is 33.8 Å². The Hall–Kier alpha value is -1.94. The van der Waals surface area contributed by atoms with Crippen molar-refractivity contribution < 1.29 is 80.2 Å². The summed E-state index contributed by atoms with van der Waals surface area (Å²) in [6.07, 6.45) is 56.7. The first kappa shape index (κ1) is 92.1. The summed E-state index contributed by atoms with van der Waals surface area (Å²) in [7, 11) is -9.91. The summed E-state index contributed by atoms with van der Waals surface area (Å²) >= 11 is 0. The van der Waals surface area contributed by atoms with Crippen LogP contribution in [0, 0.1) is 5.92 Å². The Morgan fingerprint density at radius 2 is 0.489 bits per heavy atom. The number of ether oxygens (including phenoxy) is 4. The van der Waals surface area contributed by atoms with E-state index in [1.54, 1.807) is 0 Å². The maximum absolute atomic E-state index is 13.1. The first-order chi connectivity index (χ1) is 45.5. The number of unbranched alkanes of at least 4 members (excludes halogenated alkanes) is 47. The molecule has 0 aromatic rings. The molecule has 0 radical (unpaired) electrons. The van der Waals surface area contributed by atoms with Crippen LogP contribution in [0.3, 0.4) is 0 Å². The predicted molar refractivity (Wildman–Crippen MR) is 382 cm³/mol. The third-order valence-corrected chi connectivity index (χ3v) is 19.4. The molecular weight excluding hydrogens is 1230 g/mol. The van der Waals surface area contributed by atoms with E-state index in [9.17, 15) is 43.2 Å². The minimum absolute atomic E-state index is 0.108. The lowest BCUT2D eigenvalue weighted by atomic mass is 10.0. The lowest BCUT2D eigenvalue weighted by Gasteiger charge is -2.21. The zero-order valence-corrected chi connectivity index (χ0v) is 62.9. The van der Waals surface area contributed by atoms with Crippen LogP contribution in [-0.2, 0) is 65.4 Å². The fourth-order valence-electron chi connectivity index (χ4n) is 11.5. The average Bonchev–Trinajstić information content (AvgIpc) is 2.48. The minimum Gasteiger partial charge on any atom is -0.462 e. The van der Waals surface area contributed by atoms with Gasteiger partial charge in [-0.1, -0.05) is 343 Å². The second-order valence-corrected chi connectivity index (χ2v) is 30.4. The van der Waals surface area contributed by atoms with Gasteiger partial charge in [-0.15, -0.1) is 0 Å². The van der Waals surface area contributed by atoms with Crippen LogP contribution in [0.2, 0.25) is 0 Å². The van der Waals surface area contributed by atoms with Crippen molar-refractivity contribution in [2.75, 3.05) is 39.6 Å². The average molecular weight is 1380 g/mol. The number of hydrogen-bond acceptors (Lipinski definition) is 15. The molecule has 0 saturated carbocycles. The van der Waals surface area contributed by atoms with Gasteiger partial charge in [0.15, 0.2) is 12.2 Å². The smallest absolute Gasteiger partial charge is 0.462 e. The Labute approximate surface area is 575 Å². The Bertz CT molecular complexity index is 1810. The third kappa shape index (κ3) is 68.6. The van der Waals surface area contributed by atoms with Gasteiger partial charge in [-0.2, -0.15) is 0 Å². The van der Waals surface area contributed by atoms with Gasteiger partial charge in [0.1, 0.15) is 19.3 Å². The molecule has 17 nitrogen and oxygen atoms in total. The van der Waals surface area contributed by atoms with Crippen molar-refractivity contribution in [3.63, 3.8) is 0 Å². The normalized spacial score (nSPS) is 14.0. The highest BCUT2D eigenvalue weighted by atomic mass is 31.2. The molecule has 0 rings (SSSR count). The lowest BCUT2D eigenvalue weighted by Crippen LogP contribution is -2.30. The van der Waals surface area contributed by atoms with E-state index in [0.717, 1.165) is 95.8 Å². The van der Waals surface area contributed by atoms with Gasteiger partial charge in [0.2, 0.25) is 0 Å². The molecule has 0 bridgehead atoms. The second-order valence-electron chi connectivity index (χ2n) is 27.5. The van der Waals surface area contributed by atoms with Gasteiger partial charge in [0, 0.05) is 25.7 Å². The van der Waals surface area contributed by atoms with Crippen molar-refractivity contribution in [2.24, 2.45) is 5.92 Å². The van der Waals surface area contributed by atoms with E-state index >= 15 is 0 Å². The molecular formula is C75H146O17P2. The highest BCUT2D eigenvalue weighted by Gasteiger charge is 2.30. The van der Waals surface area contributed by atoms with Gasteiger partial charge in [-0.25, -0.2) is 9.13 Å². The van der Waals surface area contributed by atoms with Crippen LogP contribution < -0.4 is 0 Å². The Morgan fingerprint density at radius 1 is 0.287 bits per heavy atom. The summed E-state index contributed by atoms with van der Waals surface area (Å²) in [6.45, 7) is 7.29. The van der Waals surface area contributed by atoms with E-state index in [1.165, 1.54) is 218 Å². The topological polar surface area (TPSA) is 237 Å². The minimum atomic E-state index is -4.96. The number of phosphoric acid groups is 2. The Kier molecular flexibility index (Phi) is 66.8. The molecule has 0 aliphatic carbocycles. The van der Waals surface area contributed by atoms with Crippen molar-refractivity contribution >= 4 is 39.5 Å². The van der Waals surface area contributed by atoms with Gasteiger partial charge in [0.05, 0.1) is 26.4 Å². The molecule has 5 atom stereocenters. The summed E-state index contributed by atoms with van der Waals surface area (Å²) in [5.74, 6) is -1.34. The van der Waals surface area contributed by atoms with Crippen LogP contribution in [0.1, 0.15) is 394 Å². The molecule has 0 spiro atoms. The predicted octanol–water partition coefficient (Wildman–Crippen LogP) is 22.1. The van der Waals surface area contributed by atoms with Crippen molar-refractivity contribution in [1.82, 2.24) is 0 Å². The maximum atomic E-state index is 13.1. The first-order valence-electron chi connectivity index (χ1n) is 39.1. The van der Waals surface area contributed by atoms with Crippen molar-refractivity contribution in [2.45, 2.75) is 412 Å². The summed E-state index contributed by atoms with van der Waals surface area (Å²) in [4.78, 5) is 72.8. The van der Waals surface area contributed by atoms with Crippen LogP contribution in [0.5, 0.6) is 0 Å². The zero-order chi connectivity index (χ0) is 69.1. The molecule has 0 aliphatic heterocycles. The van der Waals surface area contributed by atoms with Gasteiger partial charge >= 0.3 is 39.5 Å². The molecule has 94 heavy (non-hydrogen) atoms. The number of aliphatic hydroxyl groups excluding tert-OH is 1. The summed E-state index contributed by atoms with van der Waals surface area (Å²) in [5, 5.41) is 10.6. The monoisotopic (exact) mass is 1380 g/mol. The van der Waals surface area contributed by atoms with Crippen LogP contribution in [0.4, 0.5) is 0 Å². The standard InChI is InChI=1S/C75H146O17P2/c1-6-9-12-15-18-21-24-26-28-29-31-35-41-46-51-56-61-75(80)92-71(65-86-73(78)59-54-49-44-39-36-32-33-37-42-47-52-57-68(4)5)67-90-94(83,84)88-63-69(76)62-87-93(81,82)89-66-70(64-85-72(77)58-53-48-43-38-23-20-17-14-11-8-3)91-74(79)60-55-50-45-40-34-30-27-25-22-19-16-13-10-7-2/h68-71,76H,6-67H2,1-5H3,(H,81,82)(H,83,84)/t69-,70+,71+/m0/s1. The summed E-state index contributed by atoms with van der Waals surface area (Å²) in [5.41, 5.74) is 0. The van der Waals surface area contributed by atoms with Crippen molar-refractivity contribution in [3.8, 4) is 0 Å². The summed E-state index contributed by atoms with van der Waals surface area (Å²) < 4.78 is 68.5. The van der Waals surface area contributed by atoms with E-state index in [1.807, 2.05) is 0 Å². The first-order valence-corrected chi connectivity index (χ1v) is 42.1. The molecule has 0 aromatic carbocycles. The maximum Gasteiger partial charge on any atom is 0.472 e. The fraction of sp³-hybridized carbons (Fsp3) is 0.947. The second kappa shape index (κ2) is 68.2. The van der Waals surface area contributed by atoms with Gasteiger partial charge in [0.25, 0.3) is 0 Å². The highest BCUT2D eigenvalue weighted by Crippen LogP contribution is 2.45. The summed E-state index contributed by atoms with van der Waals surface area (Å²) in [6, 6.07) is 0. The van der Waals surface area contributed by atoms with Crippen LogP contribution in [0.25, 0.3) is 0 Å².